The van der Waals surface area contributed by atoms with Gasteiger partial charge in [-0.05, 0) is 60.4 Å². The molecule has 0 spiro atoms. The SMILES string of the molecule is CN1CCCc2cc(CN3C(=O)c4cccc(N5CCN(Cc6cc(F)ccc6F)CC5)c4C3=O)ccc21. The molecule has 0 atom stereocenters. The third-order valence-corrected chi connectivity index (χ3v) is 7.93. The topological polar surface area (TPSA) is 47.1 Å². The van der Waals surface area contributed by atoms with Gasteiger partial charge in [-0.3, -0.25) is 19.4 Å². The van der Waals surface area contributed by atoms with Crippen LogP contribution in [-0.4, -0.2) is 61.4 Å². The molecule has 0 aliphatic carbocycles. The third kappa shape index (κ3) is 4.43. The summed E-state index contributed by atoms with van der Waals surface area (Å²) in [6.45, 7) is 4.11. The van der Waals surface area contributed by atoms with Crippen LogP contribution in [0.15, 0.2) is 54.6 Å². The summed E-state index contributed by atoms with van der Waals surface area (Å²) in [6.07, 6.45) is 2.09. The van der Waals surface area contributed by atoms with Crippen LogP contribution in [0.4, 0.5) is 20.2 Å². The number of halogens is 2. The molecule has 0 radical (unpaired) electrons. The van der Waals surface area contributed by atoms with Crippen molar-refractivity contribution in [3.8, 4) is 0 Å². The van der Waals surface area contributed by atoms with Crippen LogP contribution >= 0.6 is 0 Å². The highest BCUT2D eigenvalue weighted by Gasteiger charge is 2.39. The molecule has 3 aromatic carbocycles. The van der Waals surface area contributed by atoms with Gasteiger partial charge in [0.15, 0.2) is 0 Å². The Kier molecular flexibility index (Phi) is 6.35. The van der Waals surface area contributed by atoms with Crippen molar-refractivity contribution in [2.45, 2.75) is 25.9 Å². The van der Waals surface area contributed by atoms with Gasteiger partial charge in [0.2, 0.25) is 0 Å². The Morgan fingerprint density at radius 1 is 0.816 bits per heavy atom. The summed E-state index contributed by atoms with van der Waals surface area (Å²) in [5, 5.41) is 0. The fraction of sp³-hybridized carbons (Fsp3) is 0.333. The molecule has 6 nitrogen and oxygen atoms in total. The van der Waals surface area contributed by atoms with E-state index in [4.69, 9.17) is 0 Å². The summed E-state index contributed by atoms with van der Waals surface area (Å²) >= 11 is 0. The number of hydrogen-bond acceptors (Lipinski definition) is 5. The molecule has 1 fully saturated rings. The van der Waals surface area contributed by atoms with Crippen molar-refractivity contribution in [1.29, 1.82) is 0 Å². The number of piperazine rings is 1. The lowest BCUT2D eigenvalue weighted by Gasteiger charge is -2.36. The second kappa shape index (κ2) is 9.83. The molecule has 3 aromatic rings. The lowest BCUT2D eigenvalue weighted by molar-refractivity contribution is 0.0642. The average molecular weight is 517 g/mol. The van der Waals surface area contributed by atoms with Crippen molar-refractivity contribution in [3.05, 3.63) is 94.0 Å². The lowest BCUT2D eigenvalue weighted by Crippen LogP contribution is -2.46. The van der Waals surface area contributed by atoms with Crippen LogP contribution < -0.4 is 9.80 Å². The van der Waals surface area contributed by atoms with Gasteiger partial charge in [0.1, 0.15) is 11.6 Å². The van der Waals surface area contributed by atoms with Crippen molar-refractivity contribution in [2.75, 3.05) is 49.6 Å². The van der Waals surface area contributed by atoms with Gasteiger partial charge in [0, 0.05) is 57.6 Å². The van der Waals surface area contributed by atoms with Crippen molar-refractivity contribution >= 4 is 23.2 Å². The van der Waals surface area contributed by atoms with Crippen LogP contribution in [0.25, 0.3) is 0 Å². The zero-order chi connectivity index (χ0) is 26.4. The van der Waals surface area contributed by atoms with Gasteiger partial charge in [-0.15, -0.1) is 0 Å². The molecule has 3 heterocycles. The second-order valence-corrected chi connectivity index (χ2v) is 10.4. The van der Waals surface area contributed by atoms with Crippen LogP contribution in [0.3, 0.4) is 0 Å². The van der Waals surface area contributed by atoms with E-state index in [2.05, 4.69) is 33.9 Å². The Balaban J connectivity index is 1.17. The smallest absolute Gasteiger partial charge is 0.263 e. The molecule has 196 valence electrons. The zero-order valence-corrected chi connectivity index (χ0v) is 21.4. The van der Waals surface area contributed by atoms with E-state index in [0.717, 1.165) is 42.8 Å². The molecule has 0 bridgehead atoms. The number of anilines is 2. The Labute approximate surface area is 221 Å². The predicted octanol–water partition coefficient (Wildman–Crippen LogP) is 4.47. The monoisotopic (exact) mass is 516 g/mol. The van der Waals surface area contributed by atoms with Crippen molar-refractivity contribution in [1.82, 2.24) is 9.80 Å². The standard InChI is InChI=1S/C30H30F2N4O2/c1-33-11-3-4-21-16-20(7-10-26(21)33)18-36-29(37)24-5-2-6-27(28(24)30(36)38)35-14-12-34(13-15-35)19-22-17-23(31)8-9-25(22)32/h2,5-10,16-17H,3-4,11-15,18-19H2,1H3. The fourth-order valence-corrected chi connectivity index (χ4v) is 5.89. The number of hydrogen-bond donors (Lipinski definition) is 0. The summed E-state index contributed by atoms with van der Waals surface area (Å²) < 4.78 is 27.7. The Morgan fingerprint density at radius 2 is 1.63 bits per heavy atom. The van der Waals surface area contributed by atoms with Gasteiger partial charge < -0.3 is 9.80 Å². The zero-order valence-electron chi connectivity index (χ0n) is 21.4. The molecule has 2 amide bonds. The van der Waals surface area contributed by atoms with Crippen LogP contribution in [0.5, 0.6) is 0 Å². The minimum Gasteiger partial charge on any atom is -0.374 e. The van der Waals surface area contributed by atoms with E-state index < -0.39 is 11.6 Å². The minimum absolute atomic E-state index is 0.246. The fourth-order valence-electron chi connectivity index (χ4n) is 5.89. The summed E-state index contributed by atoms with van der Waals surface area (Å²) in [4.78, 5) is 34.7. The number of benzene rings is 3. The number of carbonyl (C=O) groups excluding carboxylic acids is 2. The van der Waals surface area contributed by atoms with Gasteiger partial charge in [-0.2, -0.15) is 0 Å². The number of amides is 2. The van der Waals surface area contributed by atoms with E-state index in [-0.39, 0.29) is 18.4 Å². The molecule has 0 N–H and O–H groups in total. The summed E-state index contributed by atoms with van der Waals surface area (Å²) in [7, 11) is 2.09. The van der Waals surface area contributed by atoms with Gasteiger partial charge in [0.05, 0.1) is 23.4 Å². The first-order valence-electron chi connectivity index (χ1n) is 13.1. The largest absolute Gasteiger partial charge is 0.374 e. The maximum absolute atomic E-state index is 14.1. The van der Waals surface area contributed by atoms with Gasteiger partial charge in [-0.25, -0.2) is 8.78 Å². The molecule has 3 aliphatic heterocycles. The number of carbonyl (C=O) groups is 2. The molecule has 1 saturated heterocycles. The quantitative estimate of drug-likeness (QED) is 0.469. The molecule has 6 rings (SSSR count). The van der Waals surface area contributed by atoms with Crippen LogP contribution in [-0.2, 0) is 19.5 Å². The number of aryl methyl sites for hydroxylation is 1. The van der Waals surface area contributed by atoms with Gasteiger partial charge in [-0.1, -0.05) is 18.2 Å². The van der Waals surface area contributed by atoms with E-state index >= 15 is 0 Å². The van der Waals surface area contributed by atoms with E-state index in [1.165, 1.54) is 22.2 Å². The highest BCUT2D eigenvalue weighted by Crippen LogP contribution is 2.34. The first kappa shape index (κ1) is 24.6. The highest BCUT2D eigenvalue weighted by molar-refractivity contribution is 6.23. The van der Waals surface area contributed by atoms with E-state index in [0.29, 0.717) is 49.4 Å². The van der Waals surface area contributed by atoms with E-state index in [1.807, 2.05) is 18.2 Å². The van der Waals surface area contributed by atoms with E-state index in [9.17, 15) is 18.4 Å². The summed E-state index contributed by atoms with van der Waals surface area (Å²) in [5.74, 6) is -1.39. The van der Waals surface area contributed by atoms with Crippen LogP contribution in [0.1, 0.15) is 43.8 Å². The number of nitrogens with zero attached hydrogens (tertiary/aromatic N) is 4. The average Bonchev–Trinajstić information content (AvgIpc) is 3.16. The molecular weight excluding hydrogens is 486 g/mol. The Bertz CT molecular complexity index is 1420. The van der Waals surface area contributed by atoms with Crippen molar-refractivity contribution in [3.63, 3.8) is 0 Å². The molecule has 0 unspecified atom stereocenters. The minimum atomic E-state index is -0.449. The van der Waals surface area contributed by atoms with Gasteiger partial charge in [0.25, 0.3) is 11.8 Å². The summed E-state index contributed by atoms with van der Waals surface area (Å²) in [5.41, 5.74) is 5.41. The van der Waals surface area contributed by atoms with E-state index in [1.54, 1.807) is 6.07 Å². The second-order valence-electron chi connectivity index (χ2n) is 10.4. The highest BCUT2D eigenvalue weighted by atomic mass is 19.1. The Hall–Kier alpha value is -3.78. The Morgan fingerprint density at radius 3 is 2.45 bits per heavy atom. The van der Waals surface area contributed by atoms with Crippen LogP contribution in [0.2, 0.25) is 0 Å². The molecule has 38 heavy (non-hydrogen) atoms. The number of imide groups is 1. The maximum atomic E-state index is 14.1. The normalized spacial score (nSPS) is 17.7. The number of fused-ring (bicyclic) bond motifs is 2. The summed E-state index contributed by atoms with van der Waals surface area (Å²) in [6, 6.07) is 15.2. The third-order valence-electron chi connectivity index (χ3n) is 7.93. The molecule has 0 aromatic heterocycles. The maximum Gasteiger partial charge on any atom is 0.263 e. The predicted molar refractivity (Wildman–Crippen MR) is 143 cm³/mol. The lowest BCUT2D eigenvalue weighted by atomic mass is 9.99. The first-order valence-corrected chi connectivity index (χ1v) is 13.1. The van der Waals surface area contributed by atoms with Gasteiger partial charge >= 0.3 is 0 Å². The number of rotatable bonds is 5. The van der Waals surface area contributed by atoms with Crippen LogP contribution in [0, 0.1) is 11.6 Å². The van der Waals surface area contributed by atoms with Crippen molar-refractivity contribution < 1.29 is 18.4 Å². The first-order chi connectivity index (χ1) is 18.4. The molecule has 8 heteroatoms. The molecule has 0 saturated carbocycles. The molecule has 3 aliphatic rings. The van der Waals surface area contributed by atoms with Crippen molar-refractivity contribution in [2.24, 2.45) is 0 Å². The molecular formula is C30H30F2N4O2.